The number of pyridine rings is 1. The molecule has 28 heavy (non-hydrogen) atoms. The van der Waals surface area contributed by atoms with Gasteiger partial charge in [-0.2, -0.15) is 0 Å². The van der Waals surface area contributed by atoms with Gasteiger partial charge in [0, 0.05) is 31.9 Å². The first kappa shape index (κ1) is 20.3. The molecule has 2 aromatic rings. The molecule has 0 aromatic carbocycles. The summed E-state index contributed by atoms with van der Waals surface area (Å²) in [5.41, 5.74) is 0.279. The molecule has 2 aromatic heterocycles. The Hall–Kier alpha value is -2.48. The lowest BCUT2D eigenvalue weighted by Gasteiger charge is -2.22. The predicted molar refractivity (Wildman–Crippen MR) is 109 cm³/mol. The molecule has 1 aliphatic rings. The van der Waals surface area contributed by atoms with Gasteiger partial charge in [-0.25, -0.2) is 9.78 Å². The monoisotopic (exact) mass is 387 g/mol. The zero-order valence-electron chi connectivity index (χ0n) is 17.0. The zero-order valence-corrected chi connectivity index (χ0v) is 17.0. The minimum Gasteiger partial charge on any atom is -0.337 e. The number of rotatable bonds is 4. The molecular weight excluding hydrogens is 358 g/mol. The molecule has 8 nitrogen and oxygen atoms in total. The maximum Gasteiger partial charge on any atom is 0.330 e. The Morgan fingerprint density at radius 3 is 2.61 bits per heavy atom. The second-order valence-corrected chi connectivity index (χ2v) is 8.11. The number of nitrogens with one attached hydrogen (secondary N) is 2. The summed E-state index contributed by atoms with van der Waals surface area (Å²) in [5.74, 6) is 0.0639. The van der Waals surface area contributed by atoms with Crippen molar-refractivity contribution >= 4 is 16.9 Å². The van der Waals surface area contributed by atoms with Crippen LogP contribution in [0, 0.1) is 5.92 Å². The molecule has 1 fully saturated rings. The number of carbonyl (C=O) groups excluding carboxylic acids is 1. The Bertz CT molecular complexity index is 982. The van der Waals surface area contributed by atoms with Crippen molar-refractivity contribution in [3.05, 3.63) is 38.2 Å². The van der Waals surface area contributed by atoms with Crippen LogP contribution in [0.25, 0.3) is 11.0 Å². The highest BCUT2D eigenvalue weighted by Gasteiger charge is 2.24. The largest absolute Gasteiger partial charge is 0.337 e. The molecule has 2 N–H and O–H groups in total. The number of hydrogen-bond acceptors (Lipinski definition) is 5. The standard InChI is InChI=1S/C20H29N5O3/c1-12(2)11-25-17-16(18(26)23-20(25)28)14(10-15(22-17)13(3)4)19(27)24-8-5-6-21-7-9-24/h10,12-13,21H,5-9,11H2,1-4H3,(H,23,26,28). The Balaban J connectivity index is 2.27. The molecular formula is C20H29N5O3. The third kappa shape index (κ3) is 4.01. The van der Waals surface area contributed by atoms with Crippen molar-refractivity contribution in [2.75, 3.05) is 26.2 Å². The number of aromatic nitrogens is 3. The fourth-order valence-electron chi connectivity index (χ4n) is 3.51. The maximum absolute atomic E-state index is 13.3. The first-order valence-corrected chi connectivity index (χ1v) is 9.97. The van der Waals surface area contributed by atoms with Crippen LogP contribution < -0.4 is 16.6 Å². The molecule has 0 radical (unpaired) electrons. The highest BCUT2D eigenvalue weighted by Crippen LogP contribution is 2.21. The van der Waals surface area contributed by atoms with Crippen molar-refractivity contribution in [3.8, 4) is 0 Å². The topological polar surface area (TPSA) is 100 Å². The molecule has 0 spiro atoms. The van der Waals surface area contributed by atoms with Crippen LogP contribution in [0.2, 0.25) is 0 Å². The van der Waals surface area contributed by atoms with E-state index in [0.29, 0.717) is 36.5 Å². The van der Waals surface area contributed by atoms with Gasteiger partial charge in [0.1, 0.15) is 0 Å². The average molecular weight is 387 g/mol. The smallest absolute Gasteiger partial charge is 0.330 e. The third-order valence-electron chi connectivity index (χ3n) is 4.97. The van der Waals surface area contributed by atoms with Crippen molar-refractivity contribution in [2.24, 2.45) is 5.92 Å². The fraction of sp³-hybridized carbons (Fsp3) is 0.600. The molecule has 3 rings (SSSR count). The number of H-pyrrole nitrogens is 1. The lowest BCUT2D eigenvalue weighted by atomic mass is 10.0. The van der Waals surface area contributed by atoms with Crippen molar-refractivity contribution < 1.29 is 4.79 Å². The van der Waals surface area contributed by atoms with E-state index < -0.39 is 11.2 Å². The van der Waals surface area contributed by atoms with Crippen molar-refractivity contribution in [3.63, 3.8) is 0 Å². The summed E-state index contributed by atoms with van der Waals surface area (Å²) >= 11 is 0. The minimum absolute atomic E-state index is 0.0589. The lowest BCUT2D eigenvalue weighted by Crippen LogP contribution is -2.37. The summed E-state index contributed by atoms with van der Waals surface area (Å²) in [4.78, 5) is 47.3. The van der Waals surface area contributed by atoms with E-state index in [0.717, 1.165) is 19.5 Å². The summed E-state index contributed by atoms with van der Waals surface area (Å²) < 4.78 is 1.48. The van der Waals surface area contributed by atoms with Gasteiger partial charge in [0.15, 0.2) is 5.65 Å². The van der Waals surface area contributed by atoms with Crippen LogP contribution in [0.3, 0.4) is 0 Å². The summed E-state index contributed by atoms with van der Waals surface area (Å²) in [7, 11) is 0. The molecule has 8 heteroatoms. The van der Waals surface area contributed by atoms with Crippen molar-refractivity contribution in [1.82, 2.24) is 24.8 Å². The van der Waals surface area contributed by atoms with Crippen LogP contribution in [0.15, 0.2) is 15.7 Å². The Morgan fingerprint density at radius 2 is 1.93 bits per heavy atom. The molecule has 0 saturated carbocycles. The van der Waals surface area contributed by atoms with Crippen LogP contribution in [0.4, 0.5) is 0 Å². The fourth-order valence-corrected chi connectivity index (χ4v) is 3.51. The summed E-state index contributed by atoms with van der Waals surface area (Å²) in [5, 5.41) is 3.48. The first-order valence-electron chi connectivity index (χ1n) is 9.97. The quantitative estimate of drug-likeness (QED) is 0.824. The average Bonchev–Trinajstić information content (AvgIpc) is 2.92. The number of fused-ring (bicyclic) bond motifs is 1. The predicted octanol–water partition coefficient (Wildman–Crippen LogP) is 1.30. The number of amides is 1. The molecule has 0 aliphatic carbocycles. The van der Waals surface area contributed by atoms with E-state index in [2.05, 4.69) is 15.3 Å². The van der Waals surface area contributed by atoms with Gasteiger partial charge in [-0.05, 0) is 30.9 Å². The van der Waals surface area contributed by atoms with Gasteiger partial charge in [0.2, 0.25) is 0 Å². The first-order chi connectivity index (χ1) is 13.3. The second kappa shape index (κ2) is 8.26. The van der Waals surface area contributed by atoms with E-state index in [-0.39, 0.29) is 23.1 Å². The van der Waals surface area contributed by atoms with E-state index in [1.54, 1.807) is 11.0 Å². The van der Waals surface area contributed by atoms with Crippen LogP contribution in [0.5, 0.6) is 0 Å². The Labute approximate surface area is 164 Å². The van der Waals surface area contributed by atoms with Gasteiger partial charge in [-0.15, -0.1) is 0 Å². The van der Waals surface area contributed by atoms with Crippen molar-refractivity contribution in [2.45, 2.75) is 46.6 Å². The minimum atomic E-state index is -0.556. The van der Waals surface area contributed by atoms with E-state index in [4.69, 9.17) is 0 Å². The van der Waals surface area contributed by atoms with Gasteiger partial charge in [0.25, 0.3) is 11.5 Å². The van der Waals surface area contributed by atoms with Gasteiger partial charge in [0.05, 0.1) is 10.9 Å². The van der Waals surface area contributed by atoms with Gasteiger partial charge in [-0.1, -0.05) is 27.7 Å². The van der Waals surface area contributed by atoms with E-state index >= 15 is 0 Å². The molecule has 1 saturated heterocycles. The highest BCUT2D eigenvalue weighted by atomic mass is 16.2. The van der Waals surface area contributed by atoms with Gasteiger partial charge < -0.3 is 10.2 Å². The van der Waals surface area contributed by atoms with Crippen LogP contribution in [-0.4, -0.2) is 51.5 Å². The van der Waals surface area contributed by atoms with Gasteiger partial charge in [-0.3, -0.25) is 19.1 Å². The second-order valence-electron chi connectivity index (χ2n) is 8.11. The molecule has 3 heterocycles. The number of hydrogen-bond donors (Lipinski definition) is 2. The molecule has 0 bridgehead atoms. The SMILES string of the molecule is CC(C)Cn1c(=O)[nH]c(=O)c2c(C(=O)N3CCCNCC3)cc(C(C)C)nc21. The molecule has 0 atom stereocenters. The van der Waals surface area contributed by atoms with E-state index in [1.807, 2.05) is 27.7 Å². The van der Waals surface area contributed by atoms with Crippen molar-refractivity contribution in [1.29, 1.82) is 0 Å². The van der Waals surface area contributed by atoms with E-state index in [9.17, 15) is 14.4 Å². The van der Waals surface area contributed by atoms with Gasteiger partial charge >= 0.3 is 5.69 Å². The lowest BCUT2D eigenvalue weighted by molar-refractivity contribution is 0.0768. The molecule has 1 amide bonds. The number of carbonyl (C=O) groups is 1. The Kier molecular flexibility index (Phi) is 5.98. The summed E-state index contributed by atoms with van der Waals surface area (Å²) in [6.45, 7) is 11.2. The zero-order chi connectivity index (χ0) is 20.4. The number of nitrogens with zero attached hydrogens (tertiary/aromatic N) is 3. The highest BCUT2D eigenvalue weighted by molar-refractivity contribution is 6.05. The maximum atomic E-state index is 13.3. The summed E-state index contributed by atoms with van der Waals surface area (Å²) in [6.07, 6.45) is 0.861. The number of aromatic amines is 1. The Morgan fingerprint density at radius 1 is 1.18 bits per heavy atom. The molecule has 0 unspecified atom stereocenters. The van der Waals surface area contributed by atoms with Crippen LogP contribution in [0.1, 0.15) is 56.1 Å². The third-order valence-corrected chi connectivity index (χ3v) is 4.97. The van der Waals surface area contributed by atoms with Crippen LogP contribution >= 0.6 is 0 Å². The summed E-state index contributed by atoms with van der Waals surface area (Å²) in [6, 6.07) is 1.72. The normalized spacial score (nSPS) is 15.4. The molecule has 1 aliphatic heterocycles. The van der Waals surface area contributed by atoms with Crippen LogP contribution in [-0.2, 0) is 6.54 Å². The van der Waals surface area contributed by atoms with E-state index in [1.165, 1.54) is 4.57 Å². The molecule has 152 valence electrons.